The van der Waals surface area contributed by atoms with E-state index in [1.165, 1.54) is 36.3 Å². The molecule has 0 spiro atoms. The second-order valence-corrected chi connectivity index (χ2v) is 15.7. The molecule has 4 aliphatic rings. The number of ether oxygens (including phenoxy) is 1. The van der Waals surface area contributed by atoms with Crippen LogP contribution in [-0.4, -0.2) is 40.9 Å². The Kier molecular flexibility index (Phi) is 8.54. The number of halogens is 4. The first-order valence-corrected chi connectivity index (χ1v) is 18.5. The molecule has 4 aromatic carbocycles. The molecule has 1 saturated carbocycles. The lowest BCUT2D eigenvalue weighted by atomic mass is 9.49. The molecule has 2 N–H and O–H groups in total. The fraction of sp³-hybridized carbons (Fsp3) is 0.231. The summed E-state index contributed by atoms with van der Waals surface area (Å²) in [6.07, 6.45) is 2.16. The molecule has 6 unspecified atom stereocenters. The molecule has 0 aromatic heterocycles. The summed E-state index contributed by atoms with van der Waals surface area (Å²) in [6.45, 7) is 0. The highest BCUT2D eigenvalue weighted by atomic mass is 79.9. The Bertz CT molecular complexity index is 2200. The molecule has 4 amide bonds. The van der Waals surface area contributed by atoms with E-state index in [4.69, 9.17) is 16.3 Å². The zero-order valence-corrected chi connectivity index (χ0v) is 31.3. The predicted octanol–water partition coefficient (Wildman–Crippen LogP) is 7.91. The monoisotopic (exact) mass is 847 g/mol. The zero-order chi connectivity index (χ0) is 36.6. The number of nitrogens with zero attached hydrogens (tertiary/aromatic N) is 2. The van der Waals surface area contributed by atoms with Gasteiger partial charge in [-0.15, -0.1) is 0 Å². The topological polar surface area (TPSA) is 116 Å². The van der Waals surface area contributed by atoms with Gasteiger partial charge in [-0.05, 0) is 97.1 Å². The van der Waals surface area contributed by atoms with E-state index < -0.39 is 52.6 Å². The number of anilines is 2. The van der Waals surface area contributed by atoms with E-state index in [9.17, 15) is 23.9 Å². The first-order valence-electron chi connectivity index (χ1n) is 16.5. The Labute approximate surface area is 319 Å². The Morgan fingerprint density at radius 3 is 2.25 bits per heavy atom. The number of phenolic OH excluding ortho intramolecular Hbond substituents is 1. The highest BCUT2D eigenvalue weighted by molar-refractivity contribution is 9.10. The number of fused-ring (bicyclic) bond motifs is 4. The van der Waals surface area contributed by atoms with Crippen LogP contribution in [-0.2, 0) is 24.6 Å². The van der Waals surface area contributed by atoms with Crippen LogP contribution in [0, 0.1) is 29.5 Å². The molecular formula is C39H29Br2ClFN3O6. The Morgan fingerprint density at radius 2 is 1.58 bits per heavy atom. The Morgan fingerprint density at radius 1 is 0.885 bits per heavy atom. The van der Waals surface area contributed by atoms with Crippen LogP contribution in [0.1, 0.15) is 29.9 Å². The number of hydrogen-bond acceptors (Lipinski definition) is 7. The van der Waals surface area contributed by atoms with Gasteiger partial charge >= 0.3 is 0 Å². The minimum atomic E-state index is -1.66. The van der Waals surface area contributed by atoms with Gasteiger partial charge in [0.2, 0.25) is 11.8 Å². The van der Waals surface area contributed by atoms with Crippen LogP contribution in [0.4, 0.5) is 15.8 Å². The van der Waals surface area contributed by atoms with Crippen molar-refractivity contribution in [3.05, 3.63) is 127 Å². The highest BCUT2D eigenvalue weighted by Crippen LogP contribution is 2.65. The van der Waals surface area contributed by atoms with Crippen LogP contribution < -0.4 is 15.1 Å². The fourth-order valence-corrected chi connectivity index (χ4v) is 9.66. The van der Waals surface area contributed by atoms with Gasteiger partial charge < -0.3 is 9.84 Å². The van der Waals surface area contributed by atoms with E-state index in [0.29, 0.717) is 37.6 Å². The molecule has 2 aliphatic carbocycles. The van der Waals surface area contributed by atoms with E-state index in [0.717, 1.165) is 9.48 Å². The molecule has 9 nitrogen and oxygen atoms in total. The second kappa shape index (κ2) is 12.9. The van der Waals surface area contributed by atoms with Crippen molar-refractivity contribution in [1.29, 1.82) is 0 Å². The summed E-state index contributed by atoms with van der Waals surface area (Å²) >= 11 is 13.3. The summed E-state index contributed by atoms with van der Waals surface area (Å²) < 4.78 is 20.8. The Hall–Kier alpha value is -4.52. The minimum Gasteiger partial charge on any atom is -0.504 e. The van der Waals surface area contributed by atoms with Crippen molar-refractivity contribution in [2.24, 2.45) is 23.7 Å². The number of allylic oxidation sites excluding steroid dienone is 2. The third kappa shape index (κ3) is 5.13. The number of imide groups is 2. The standard InChI is InChI=1S/C39H29Br2ClFN3O6/c1-52-31-17-21(41)16-29(34(31)47)33-26-14-15-27-32(37(50)45(35(27)48)25-12-4-20(40)5-13-25)28(26)18-30-36(49)46(44-24-10-8-23(43)9-11-24)38(51)39(30,33)19-2-6-22(42)7-3-19/h2-14,16-17,27-28,30,32-33,44,47H,15,18H2,1H3. The molecule has 13 heteroatoms. The maximum absolute atomic E-state index is 15.3. The van der Waals surface area contributed by atoms with Crippen LogP contribution in [0.15, 0.2) is 106 Å². The lowest BCUT2D eigenvalue weighted by Crippen LogP contribution is -2.53. The SMILES string of the molecule is COc1cc(Br)cc(C2C3=CCC4C(=O)N(c5ccc(Br)cc5)C(=O)C4C3CC3C(=O)N(Nc4ccc(F)cc4)C(=O)C32c2ccc(Cl)cc2)c1O. The molecule has 52 heavy (non-hydrogen) atoms. The normalized spacial score (nSPS) is 26.6. The summed E-state index contributed by atoms with van der Waals surface area (Å²) in [4.78, 5) is 59.8. The minimum absolute atomic E-state index is 0.0530. The van der Waals surface area contributed by atoms with Crippen LogP contribution in [0.2, 0.25) is 5.02 Å². The van der Waals surface area contributed by atoms with Gasteiger partial charge in [0.05, 0.1) is 41.7 Å². The summed E-state index contributed by atoms with van der Waals surface area (Å²) in [6, 6.07) is 22.1. The summed E-state index contributed by atoms with van der Waals surface area (Å²) in [7, 11) is 1.41. The molecule has 2 saturated heterocycles. The molecule has 3 fully saturated rings. The number of carbonyl (C=O) groups excluding carboxylic acids is 4. The lowest BCUT2D eigenvalue weighted by Gasteiger charge is -2.50. The van der Waals surface area contributed by atoms with Gasteiger partial charge in [0.1, 0.15) is 5.82 Å². The number of rotatable bonds is 6. The molecule has 264 valence electrons. The molecule has 2 aliphatic heterocycles. The third-order valence-electron chi connectivity index (χ3n) is 10.9. The van der Waals surface area contributed by atoms with Gasteiger partial charge in [0, 0.05) is 25.4 Å². The van der Waals surface area contributed by atoms with Crippen molar-refractivity contribution in [2.45, 2.75) is 24.2 Å². The number of hydrogen-bond donors (Lipinski definition) is 2. The fourth-order valence-electron chi connectivity index (χ4n) is 8.81. The maximum atomic E-state index is 15.3. The van der Waals surface area contributed by atoms with Crippen LogP contribution >= 0.6 is 43.5 Å². The highest BCUT2D eigenvalue weighted by Gasteiger charge is 2.70. The maximum Gasteiger partial charge on any atom is 0.260 e. The second-order valence-electron chi connectivity index (χ2n) is 13.4. The van der Waals surface area contributed by atoms with Gasteiger partial charge in [-0.2, -0.15) is 5.01 Å². The van der Waals surface area contributed by atoms with E-state index in [1.54, 1.807) is 60.7 Å². The average molecular weight is 850 g/mol. The van der Waals surface area contributed by atoms with Gasteiger partial charge in [0.15, 0.2) is 11.5 Å². The van der Waals surface area contributed by atoms with Crippen molar-refractivity contribution in [2.75, 3.05) is 17.4 Å². The van der Waals surface area contributed by atoms with Crippen LogP contribution in [0.5, 0.6) is 11.5 Å². The van der Waals surface area contributed by atoms with Crippen LogP contribution in [0.25, 0.3) is 0 Å². The average Bonchev–Trinajstić information content (AvgIpc) is 3.51. The van der Waals surface area contributed by atoms with E-state index in [-0.39, 0.29) is 36.2 Å². The van der Waals surface area contributed by atoms with Gasteiger partial charge in [-0.1, -0.05) is 67.2 Å². The number of benzene rings is 4. The van der Waals surface area contributed by atoms with Crippen molar-refractivity contribution in [3.8, 4) is 11.5 Å². The smallest absolute Gasteiger partial charge is 0.260 e. The zero-order valence-electron chi connectivity index (χ0n) is 27.4. The van der Waals surface area contributed by atoms with E-state index >= 15 is 4.79 Å². The predicted molar refractivity (Wildman–Crippen MR) is 198 cm³/mol. The molecule has 0 radical (unpaired) electrons. The number of phenols is 1. The largest absolute Gasteiger partial charge is 0.504 e. The van der Waals surface area contributed by atoms with Crippen molar-refractivity contribution in [1.82, 2.24) is 5.01 Å². The first-order chi connectivity index (χ1) is 24.9. The molecule has 4 aromatic rings. The molecule has 8 rings (SSSR count). The van der Waals surface area contributed by atoms with E-state index in [1.807, 2.05) is 6.08 Å². The number of hydrazine groups is 1. The number of methoxy groups -OCH3 is 1. The first kappa shape index (κ1) is 34.6. The van der Waals surface area contributed by atoms with Crippen molar-refractivity contribution < 1.29 is 33.4 Å². The Balaban J connectivity index is 1.35. The molecule has 0 bridgehead atoms. The van der Waals surface area contributed by atoms with Crippen LogP contribution in [0.3, 0.4) is 0 Å². The third-order valence-corrected chi connectivity index (χ3v) is 12.2. The number of nitrogens with one attached hydrogen (secondary N) is 1. The van der Waals surface area contributed by atoms with Gasteiger partial charge in [-0.25, -0.2) is 4.39 Å². The van der Waals surface area contributed by atoms with Crippen molar-refractivity contribution >= 4 is 78.5 Å². The number of aromatic hydroxyl groups is 1. The van der Waals surface area contributed by atoms with E-state index in [2.05, 4.69) is 37.3 Å². The summed E-state index contributed by atoms with van der Waals surface area (Å²) in [5.41, 5.74) is 3.42. The molecule has 2 heterocycles. The van der Waals surface area contributed by atoms with Crippen molar-refractivity contribution in [3.63, 3.8) is 0 Å². The molecule has 6 atom stereocenters. The van der Waals surface area contributed by atoms with Gasteiger partial charge in [0.25, 0.3) is 11.8 Å². The number of carbonyl (C=O) groups is 4. The van der Waals surface area contributed by atoms with Gasteiger partial charge in [-0.3, -0.25) is 29.5 Å². The summed E-state index contributed by atoms with van der Waals surface area (Å²) in [5.74, 6) is -6.76. The molecular weight excluding hydrogens is 821 g/mol. The number of amides is 4. The summed E-state index contributed by atoms with van der Waals surface area (Å²) in [5, 5.41) is 13.2. The lowest BCUT2D eigenvalue weighted by molar-refractivity contribution is -0.138. The quantitative estimate of drug-likeness (QED) is 0.150.